The van der Waals surface area contributed by atoms with Gasteiger partial charge in [-0.15, -0.1) is 0 Å². The molecule has 0 aliphatic carbocycles. The predicted octanol–water partition coefficient (Wildman–Crippen LogP) is 2.99. The highest BCUT2D eigenvalue weighted by molar-refractivity contribution is 7.81. The average Bonchev–Trinajstić information content (AvgIpc) is 2.71. The summed E-state index contributed by atoms with van der Waals surface area (Å²) >= 11 is 5.56. The molecule has 0 spiro atoms. The Bertz CT molecular complexity index is 838. The minimum Gasteiger partial charge on any atom is -0.309 e. The van der Waals surface area contributed by atoms with E-state index in [-0.39, 0.29) is 16.9 Å². The number of aliphatic imine (C=N–C) groups is 1. The second-order valence-electron chi connectivity index (χ2n) is 6.99. The molecule has 2 aromatic carbocycles. The van der Waals surface area contributed by atoms with Crippen LogP contribution >= 0.6 is 12.2 Å². The molecule has 2 amide bonds. The summed E-state index contributed by atoms with van der Waals surface area (Å²) in [7, 11) is 3.99. The van der Waals surface area contributed by atoms with E-state index in [9.17, 15) is 9.59 Å². The van der Waals surface area contributed by atoms with Gasteiger partial charge in [0.25, 0.3) is 11.8 Å². The van der Waals surface area contributed by atoms with Crippen molar-refractivity contribution in [2.75, 3.05) is 37.0 Å². The molecule has 2 aromatic rings. The molecule has 3 rings (SSSR count). The molecule has 6 nitrogen and oxygen atoms in total. The summed E-state index contributed by atoms with van der Waals surface area (Å²) in [6.45, 7) is 1.44. The van der Waals surface area contributed by atoms with E-state index >= 15 is 0 Å². The topological polar surface area (TPSA) is 56.2 Å². The summed E-state index contributed by atoms with van der Waals surface area (Å²) in [6, 6.07) is 18.3. The summed E-state index contributed by atoms with van der Waals surface area (Å²) < 4.78 is 0. The molecule has 0 unspecified atom stereocenters. The van der Waals surface area contributed by atoms with E-state index in [0.717, 1.165) is 13.0 Å². The molecule has 0 N–H and O–H groups in total. The first-order valence-corrected chi connectivity index (χ1v) is 9.88. The van der Waals surface area contributed by atoms with Crippen LogP contribution in [0.4, 0.5) is 11.4 Å². The van der Waals surface area contributed by atoms with Crippen LogP contribution in [0.3, 0.4) is 0 Å². The first-order chi connectivity index (χ1) is 14.0. The maximum absolute atomic E-state index is 13.2. The van der Waals surface area contributed by atoms with E-state index in [4.69, 9.17) is 12.2 Å². The Morgan fingerprint density at radius 1 is 0.931 bits per heavy atom. The van der Waals surface area contributed by atoms with Gasteiger partial charge in [0, 0.05) is 12.8 Å². The molecule has 0 bridgehead atoms. The molecule has 0 aromatic heterocycles. The van der Waals surface area contributed by atoms with Crippen LogP contribution in [0.5, 0.6) is 0 Å². The fourth-order valence-electron chi connectivity index (χ4n) is 3.09. The fraction of sp³-hybridized carbons (Fsp3) is 0.273. The van der Waals surface area contributed by atoms with E-state index in [1.807, 2.05) is 50.5 Å². The number of thiocarbonyl (C=S) groups is 1. The molecular weight excluding hydrogens is 384 g/mol. The minimum atomic E-state index is -1.01. The SMILES string of the molecule is CN(C)CCCN=CC1C(=O)N(c2ccccc2)C(=S)N(c2ccccc2)C1=O. The van der Waals surface area contributed by atoms with Gasteiger partial charge in [-0.3, -0.25) is 24.4 Å². The van der Waals surface area contributed by atoms with Gasteiger partial charge in [0.2, 0.25) is 0 Å². The van der Waals surface area contributed by atoms with E-state index in [0.29, 0.717) is 17.9 Å². The Hall–Kier alpha value is -2.90. The molecular formula is C22H24N4O2S. The van der Waals surface area contributed by atoms with Crippen LogP contribution in [0.25, 0.3) is 0 Å². The van der Waals surface area contributed by atoms with Gasteiger partial charge in [-0.1, -0.05) is 36.4 Å². The zero-order valence-electron chi connectivity index (χ0n) is 16.6. The first-order valence-electron chi connectivity index (χ1n) is 9.47. The molecule has 0 saturated carbocycles. The van der Waals surface area contributed by atoms with Crippen molar-refractivity contribution in [1.82, 2.24) is 4.90 Å². The average molecular weight is 409 g/mol. The number of hydrogen-bond acceptors (Lipinski definition) is 5. The molecule has 7 heteroatoms. The van der Waals surface area contributed by atoms with Gasteiger partial charge in [-0.2, -0.15) is 0 Å². The zero-order valence-corrected chi connectivity index (χ0v) is 17.4. The van der Waals surface area contributed by atoms with E-state index in [1.54, 1.807) is 24.3 Å². The molecule has 150 valence electrons. The van der Waals surface area contributed by atoms with Gasteiger partial charge < -0.3 is 4.90 Å². The maximum Gasteiger partial charge on any atom is 0.251 e. The van der Waals surface area contributed by atoms with Gasteiger partial charge >= 0.3 is 0 Å². The van der Waals surface area contributed by atoms with Crippen molar-refractivity contribution in [3.8, 4) is 0 Å². The molecule has 1 aliphatic heterocycles. The van der Waals surface area contributed by atoms with Crippen molar-refractivity contribution in [1.29, 1.82) is 0 Å². The molecule has 1 fully saturated rings. The lowest BCUT2D eigenvalue weighted by atomic mass is 10.0. The third-order valence-corrected chi connectivity index (χ3v) is 4.90. The highest BCUT2D eigenvalue weighted by Gasteiger charge is 2.44. The van der Waals surface area contributed by atoms with Gasteiger partial charge in [-0.05, 0) is 63.5 Å². The Balaban J connectivity index is 1.92. The van der Waals surface area contributed by atoms with E-state index < -0.39 is 5.92 Å². The molecule has 0 atom stereocenters. The quantitative estimate of drug-likeness (QED) is 0.306. The van der Waals surface area contributed by atoms with Crippen molar-refractivity contribution < 1.29 is 9.59 Å². The lowest BCUT2D eigenvalue weighted by Gasteiger charge is -2.38. The number of carbonyl (C=O) groups excluding carboxylic acids is 2. The Labute approximate surface area is 176 Å². The Kier molecular flexibility index (Phi) is 6.85. The molecule has 0 radical (unpaired) electrons. The summed E-state index contributed by atoms with van der Waals surface area (Å²) in [4.78, 5) is 35.6. The number of amides is 2. The normalized spacial score (nSPS) is 15.8. The molecule has 1 heterocycles. The maximum atomic E-state index is 13.2. The summed E-state index contributed by atoms with van der Waals surface area (Å²) in [6.07, 6.45) is 2.32. The van der Waals surface area contributed by atoms with Crippen LogP contribution in [0.15, 0.2) is 65.7 Å². The van der Waals surface area contributed by atoms with Gasteiger partial charge in [0.1, 0.15) is 0 Å². The highest BCUT2D eigenvalue weighted by Crippen LogP contribution is 2.28. The largest absolute Gasteiger partial charge is 0.309 e. The number of rotatable bonds is 7. The second-order valence-corrected chi connectivity index (χ2v) is 7.36. The second kappa shape index (κ2) is 9.54. The van der Waals surface area contributed by atoms with Crippen LogP contribution in [0, 0.1) is 5.92 Å². The van der Waals surface area contributed by atoms with Crippen molar-refractivity contribution in [2.24, 2.45) is 10.9 Å². The third-order valence-electron chi connectivity index (χ3n) is 4.53. The summed E-state index contributed by atoms with van der Waals surface area (Å²) in [5, 5.41) is 0.148. The van der Waals surface area contributed by atoms with Crippen molar-refractivity contribution in [3.05, 3.63) is 60.7 Å². The van der Waals surface area contributed by atoms with Crippen LogP contribution in [0.2, 0.25) is 0 Å². The number of carbonyl (C=O) groups is 2. The summed E-state index contributed by atoms with van der Waals surface area (Å²) in [5.74, 6) is -1.77. The fourth-order valence-corrected chi connectivity index (χ4v) is 3.48. The summed E-state index contributed by atoms with van der Waals surface area (Å²) in [5.41, 5.74) is 1.25. The zero-order chi connectivity index (χ0) is 20.8. The first kappa shape index (κ1) is 20.8. The number of nitrogens with zero attached hydrogens (tertiary/aromatic N) is 4. The van der Waals surface area contributed by atoms with Crippen LogP contribution in [-0.4, -0.2) is 55.2 Å². The molecule has 1 saturated heterocycles. The monoisotopic (exact) mass is 408 g/mol. The van der Waals surface area contributed by atoms with Crippen LogP contribution < -0.4 is 9.80 Å². The Morgan fingerprint density at radius 2 is 1.41 bits per heavy atom. The van der Waals surface area contributed by atoms with E-state index in [2.05, 4.69) is 9.89 Å². The standard InChI is InChI=1S/C22H24N4O2S/c1-24(2)15-9-14-23-16-19-20(27)25(17-10-5-3-6-11-17)22(29)26(21(19)28)18-12-7-4-8-13-18/h3-8,10-13,16,19H,9,14-15H2,1-2H3. The smallest absolute Gasteiger partial charge is 0.251 e. The molecule has 1 aliphatic rings. The lowest BCUT2D eigenvalue weighted by molar-refractivity contribution is -0.129. The van der Waals surface area contributed by atoms with Crippen molar-refractivity contribution in [2.45, 2.75) is 6.42 Å². The van der Waals surface area contributed by atoms with Gasteiger partial charge in [-0.25, -0.2) is 0 Å². The highest BCUT2D eigenvalue weighted by atomic mass is 32.1. The van der Waals surface area contributed by atoms with Crippen molar-refractivity contribution >= 4 is 46.7 Å². The van der Waals surface area contributed by atoms with Crippen molar-refractivity contribution in [3.63, 3.8) is 0 Å². The minimum absolute atomic E-state index is 0.148. The van der Waals surface area contributed by atoms with Gasteiger partial charge in [0.15, 0.2) is 11.0 Å². The number of anilines is 2. The number of hydrogen-bond donors (Lipinski definition) is 0. The molecule has 29 heavy (non-hydrogen) atoms. The lowest BCUT2D eigenvalue weighted by Crippen LogP contribution is -2.60. The predicted molar refractivity (Wildman–Crippen MR) is 120 cm³/mol. The van der Waals surface area contributed by atoms with Crippen LogP contribution in [0.1, 0.15) is 6.42 Å². The third kappa shape index (κ3) is 4.75. The number of benzene rings is 2. The number of para-hydroxylation sites is 2. The van der Waals surface area contributed by atoms with Gasteiger partial charge in [0.05, 0.1) is 11.4 Å². The van der Waals surface area contributed by atoms with Crippen LogP contribution in [-0.2, 0) is 9.59 Å². The Morgan fingerprint density at radius 3 is 1.86 bits per heavy atom. The van der Waals surface area contributed by atoms with E-state index in [1.165, 1.54) is 16.0 Å².